The summed E-state index contributed by atoms with van der Waals surface area (Å²) < 4.78 is 11.1. The van der Waals surface area contributed by atoms with Gasteiger partial charge in [0.1, 0.15) is 18.3 Å². The van der Waals surface area contributed by atoms with E-state index in [4.69, 9.17) is 14.7 Å². The van der Waals surface area contributed by atoms with Gasteiger partial charge in [0.15, 0.2) is 5.75 Å². The van der Waals surface area contributed by atoms with Crippen molar-refractivity contribution in [2.24, 2.45) is 0 Å². The second kappa shape index (κ2) is 6.65. The molecule has 1 aliphatic rings. The molecule has 0 spiro atoms. The molecule has 6 nitrogen and oxygen atoms in total. The molecule has 22 heavy (non-hydrogen) atoms. The highest BCUT2D eigenvalue weighted by molar-refractivity contribution is 5.69. The van der Waals surface area contributed by atoms with Gasteiger partial charge < -0.3 is 14.4 Å². The molecule has 0 unspecified atom stereocenters. The molecular weight excluding hydrogens is 282 g/mol. The van der Waals surface area contributed by atoms with Crippen molar-refractivity contribution in [3.05, 3.63) is 24.0 Å². The van der Waals surface area contributed by atoms with E-state index in [1.165, 1.54) is 6.20 Å². The maximum Gasteiger partial charge on any atom is 0.410 e. The van der Waals surface area contributed by atoms with Gasteiger partial charge in [0.25, 0.3) is 0 Å². The van der Waals surface area contributed by atoms with Crippen LogP contribution < -0.4 is 4.74 Å². The van der Waals surface area contributed by atoms with Gasteiger partial charge >= 0.3 is 6.09 Å². The molecule has 1 aromatic rings. The highest BCUT2D eigenvalue weighted by Gasteiger charge is 2.32. The molecule has 1 aliphatic heterocycles. The van der Waals surface area contributed by atoms with Gasteiger partial charge in [-0.15, -0.1) is 0 Å². The van der Waals surface area contributed by atoms with Gasteiger partial charge in [0, 0.05) is 12.7 Å². The van der Waals surface area contributed by atoms with E-state index in [1.807, 2.05) is 20.8 Å². The smallest absolute Gasteiger partial charge is 0.410 e. The largest absolute Gasteiger partial charge is 0.488 e. The number of likely N-dealkylation sites (tertiary alicyclic amines) is 1. The van der Waals surface area contributed by atoms with Gasteiger partial charge in [-0.2, -0.15) is 5.26 Å². The molecule has 2 heterocycles. The molecule has 118 valence electrons. The van der Waals surface area contributed by atoms with Crippen LogP contribution in [0.2, 0.25) is 0 Å². The monoisotopic (exact) mass is 303 g/mol. The Hall–Kier alpha value is -2.29. The minimum Gasteiger partial charge on any atom is -0.488 e. The van der Waals surface area contributed by atoms with Crippen LogP contribution in [0.25, 0.3) is 0 Å². The number of aromatic nitrogens is 1. The molecule has 0 radical (unpaired) electrons. The second-order valence-electron chi connectivity index (χ2n) is 6.26. The summed E-state index contributed by atoms with van der Waals surface area (Å²) in [5.74, 6) is 0.445. The van der Waals surface area contributed by atoms with Crippen molar-refractivity contribution in [3.8, 4) is 11.8 Å². The van der Waals surface area contributed by atoms with Crippen LogP contribution in [0.5, 0.6) is 5.75 Å². The Kier molecular flexibility index (Phi) is 4.86. The predicted octanol–water partition coefficient (Wildman–Crippen LogP) is 2.73. The molecule has 1 atom stereocenters. The summed E-state index contributed by atoms with van der Waals surface area (Å²) in [4.78, 5) is 17.9. The number of hydrogen-bond acceptors (Lipinski definition) is 5. The Bertz CT molecular complexity index is 575. The average molecular weight is 303 g/mol. The van der Waals surface area contributed by atoms with Gasteiger partial charge in [-0.25, -0.2) is 4.79 Å². The van der Waals surface area contributed by atoms with Crippen LogP contribution in [0.15, 0.2) is 18.5 Å². The fourth-order valence-corrected chi connectivity index (χ4v) is 2.34. The third kappa shape index (κ3) is 4.10. The summed E-state index contributed by atoms with van der Waals surface area (Å²) in [5.41, 5.74) is -0.0700. The molecule has 1 fully saturated rings. The van der Waals surface area contributed by atoms with Gasteiger partial charge in [-0.3, -0.25) is 4.98 Å². The molecule has 0 N–H and O–H groups in total. The fourth-order valence-electron chi connectivity index (χ4n) is 2.34. The van der Waals surface area contributed by atoms with Crippen LogP contribution in [-0.2, 0) is 4.74 Å². The minimum atomic E-state index is -0.511. The van der Waals surface area contributed by atoms with E-state index in [2.05, 4.69) is 11.1 Å². The minimum absolute atomic E-state index is 0.0402. The number of carbonyl (C=O) groups is 1. The number of pyridine rings is 1. The first kappa shape index (κ1) is 16.1. The molecule has 2 rings (SSSR count). The number of nitrogens with zero attached hydrogens (tertiary/aromatic N) is 3. The van der Waals surface area contributed by atoms with Crippen molar-refractivity contribution < 1.29 is 14.3 Å². The number of amides is 1. The Balaban J connectivity index is 1.97. The molecule has 0 saturated carbocycles. The first-order valence-corrected chi connectivity index (χ1v) is 7.37. The van der Waals surface area contributed by atoms with E-state index in [1.54, 1.807) is 17.2 Å². The Labute approximate surface area is 130 Å². The van der Waals surface area contributed by atoms with Crippen molar-refractivity contribution in [2.45, 2.75) is 45.3 Å². The highest BCUT2D eigenvalue weighted by Crippen LogP contribution is 2.23. The van der Waals surface area contributed by atoms with Crippen molar-refractivity contribution in [1.82, 2.24) is 9.88 Å². The third-order valence-electron chi connectivity index (χ3n) is 3.34. The lowest BCUT2D eigenvalue weighted by molar-refractivity contribution is 0.0187. The zero-order valence-corrected chi connectivity index (χ0v) is 13.2. The maximum absolute atomic E-state index is 12.2. The molecule has 1 saturated heterocycles. The molecule has 1 aromatic heterocycles. The van der Waals surface area contributed by atoms with Crippen LogP contribution in [-0.4, -0.2) is 40.8 Å². The van der Waals surface area contributed by atoms with Crippen LogP contribution in [0.4, 0.5) is 4.79 Å². The van der Waals surface area contributed by atoms with Crippen molar-refractivity contribution in [1.29, 1.82) is 5.26 Å². The fraction of sp³-hybridized carbons (Fsp3) is 0.562. The van der Waals surface area contributed by atoms with Crippen LogP contribution in [0, 0.1) is 11.3 Å². The zero-order chi connectivity index (χ0) is 16.2. The first-order chi connectivity index (χ1) is 10.4. The van der Waals surface area contributed by atoms with Crippen molar-refractivity contribution in [2.75, 3.05) is 13.2 Å². The Morgan fingerprint density at radius 2 is 2.32 bits per heavy atom. The van der Waals surface area contributed by atoms with Gasteiger partial charge in [0.2, 0.25) is 0 Å². The molecule has 0 aliphatic carbocycles. The SMILES string of the molecule is CC(C)(C)OC(=O)N1CCC[C@@H]1COc1cnccc1C#N. The maximum atomic E-state index is 12.2. The van der Waals surface area contributed by atoms with Crippen LogP contribution in [0.3, 0.4) is 0 Å². The van der Waals surface area contributed by atoms with E-state index in [0.717, 1.165) is 12.8 Å². The lowest BCUT2D eigenvalue weighted by Crippen LogP contribution is -2.42. The average Bonchev–Trinajstić information content (AvgIpc) is 2.92. The quantitative estimate of drug-likeness (QED) is 0.858. The first-order valence-electron chi connectivity index (χ1n) is 7.37. The summed E-state index contributed by atoms with van der Waals surface area (Å²) >= 11 is 0. The molecular formula is C16H21N3O3. The third-order valence-corrected chi connectivity index (χ3v) is 3.34. The normalized spacial score (nSPS) is 17.9. The van der Waals surface area contributed by atoms with E-state index in [0.29, 0.717) is 24.5 Å². The Morgan fingerprint density at radius 1 is 1.55 bits per heavy atom. The zero-order valence-electron chi connectivity index (χ0n) is 13.2. The van der Waals surface area contributed by atoms with Crippen LogP contribution >= 0.6 is 0 Å². The van der Waals surface area contributed by atoms with E-state index < -0.39 is 5.60 Å². The number of nitriles is 1. The molecule has 0 aromatic carbocycles. The van der Waals surface area contributed by atoms with E-state index >= 15 is 0 Å². The summed E-state index contributed by atoms with van der Waals surface area (Å²) in [5, 5.41) is 9.04. The van der Waals surface area contributed by atoms with E-state index in [-0.39, 0.29) is 12.1 Å². The lowest BCUT2D eigenvalue weighted by atomic mass is 10.2. The van der Waals surface area contributed by atoms with Crippen molar-refractivity contribution in [3.63, 3.8) is 0 Å². The van der Waals surface area contributed by atoms with Gasteiger partial charge in [-0.1, -0.05) is 0 Å². The van der Waals surface area contributed by atoms with Gasteiger partial charge in [-0.05, 0) is 39.7 Å². The lowest BCUT2D eigenvalue weighted by Gasteiger charge is -2.28. The molecule has 1 amide bonds. The summed E-state index contributed by atoms with van der Waals surface area (Å²) in [7, 11) is 0. The highest BCUT2D eigenvalue weighted by atomic mass is 16.6. The van der Waals surface area contributed by atoms with Gasteiger partial charge in [0.05, 0.1) is 17.8 Å². The second-order valence-corrected chi connectivity index (χ2v) is 6.26. The van der Waals surface area contributed by atoms with Crippen LogP contribution in [0.1, 0.15) is 39.2 Å². The predicted molar refractivity (Wildman–Crippen MR) is 80.4 cm³/mol. The molecule has 6 heteroatoms. The standard InChI is InChI=1S/C16H21N3O3/c1-16(2,3)22-15(20)19-8-4-5-13(19)11-21-14-10-18-7-6-12(14)9-17/h6-7,10,13H,4-5,8,11H2,1-3H3/t13-/m1/s1. The number of rotatable bonds is 3. The topological polar surface area (TPSA) is 75.4 Å². The summed E-state index contributed by atoms with van der Waals surface area (Å²) in [6.07, 6.45) is 4.54. The molecule has 0 bridgehead atoms. The number of ether oxygens (including phenoxy) is 2. The number of carbonyl (C=O) groups excluding carboxylic acids is 1. The van der Waals surface area contributed by atoms with E-state index in [9.17, 15) is 4.79 Å². The summed E-state index contributed by atoms with van der Waals surface area (Å²) in [6.45, 7) is 6.55. The Morgan fingerprint density at radius 3 is 3.00 bits per heavy atom. The van der Waals surface area contributed by atoms with Crippen molar-refractivity contribution >= 4 is 6.09 Å². The number of hydrogen-bond donors (Lipinski definition) is 0. The summed E-state index contributed by atoms with van der Waals surface area (Å²) in [6, 6.07) is 3.63.